The highest BCUT2D eigenvalue weighted by Crippen LogP contribution is 2.30. The molecule has 11 heteroatoms. The maximum Gasteiger partial charge on any atom is 0.424 e. The Labute approximate surface area is 351 Å². The lowest BCUT2D eigenvalue weighted by Crippen LogP contribution is -2.55. The van der Waals surface area contributed by atoms with Crippen molar-refractivity contribution in [2.24, 2.45) is 11.6 Å². The van der Waals surface area contributed by atoms with Gasteiger partial charge in [-0.25, -0.2) is 15.6 Å². The van der Waals surface area contributed by atoms with Crippen molar-refractivity contribution in [2.75, 3.05) is 13.2 Å². The van der Waals surface area contributed by atoms with Gasteiger partial charge in [0.2, 0.25) is 0 Å². The van der Waals surface area contributed by atoms with Crippen molar-refractivity contribution in [3.05, 3.63) is 156 Å². The van der Waals surface area contributed by atoms with Crippen LogP contribution in [0.15, 0.2) is 133 Å². The molecule has 0 saturated heterocycles. The number of ether oxygens (including phenoxy) is 3. The number of carbonyl (C=O) groups excluding carboxylic acids is 3. The van der Waals surface area contributed by atoms with Crippen LogP contribution in [0.4, 0.5) is 4.79 Å². The summed E-state index contributed by atoms with van der Waals surface area (Å²) in [4.78, 5) is 37.2. The van der Waals surface area contributed by atoms with Crippen LogP contribution in [0.3, 0.4) is 0 Å². The average molecular weight is 814 g/mol. The molecule has 6 N–H and O–H groups in total. The predicted octanol–water partition coefficient (Wildman–Crippen LogP) is 7.86. The van der Waals surface area contributed by atoms with Gasteiger partial charge in [-0.1, -0.05) is 121 Å². The van der Waals surface area contributed by atoms with Crippen LogP contribution in [0.1, 0.15) is 66.5 Å². The Balaban J connectivity index is 0.000000236. The molecule has 0 heterocycles. The van der Waals surface area contributed by atoms with Gasteiger partial charge in [0, 0.05) is 6.04 Å². The molecule has 0 radical (unpaired) electrons. The maximum absolute atomic E-state index is 12.6. The fourth-order valence-corrected chi connectivity index (χ4v) is 6.80. The number of nitrogens with two attached hydrogens (primary N) is 2. The molecule has 60 heavy (non-hydrogen) atoms. The van der Waals surface area contributed by atoms with Gasteiger partial charge in [-0.15, -0.1) is 0 Å². The molecule has 0 unspecified atom stereocenters. The van der Waals surface area contributed by atoms with Gasteiger partial charge < -0.3 is 30.2 Å². The molecule has 314 valence electrons. The highest BCUT2D eigenvalue weighted by atomic mass is 16.6. The van der Waals surface area contributed by atoms with Crippen LogP contribution in [0, 0.1) is 0 Å². The molecule has 0 saturated carbocycles. The third kappa shape index (κ3) is 12.2. The number of aliphatic hydroxyl groups excluding tert-OH is 2. The lowest BCUT2D eigenvalue weighted by atomic mass is 10.00. The predicted molar refractivity (Wildman–Crippen MR) is 235 cm³/mol. The van der Waals surface area contributed by atoms with E-state index in [9.17, 15) is 24.6 Å². The molecule has 6 aromatic carbocycles. The zero-order chi connectivity index (χ0) is 43.4. The van der Waals surface area contributed by atoms with Crippen molar-refractivity contribution in [3.63, 3.8) is 0 Å². The zero-order valence-corrected chi connectivity index (χ0v) is 34.8. The summed E-state index contributed by atoms with van der Waals surface area (Å²) in [7, 11) is 0. The molecular weight excluding hydrogens is 759 g/mol. The molecule has 4 atom stereocenters. The SMILES string of the molecule is CC(=O)c1c(OC[C@@H](O)[C@@H](N)Cc2ccccc2)ccc2ccccc12.CC(=O)c1c(OC[C@@H](O)[C@H](Cc2ccccc2)N(N)C(=O)OC(C)(C)C)ccc2ccccc12. The van der Waals surface area contributed by atoms with Crippen LogP contribution in [-0.4, -0.2) is 76.0 Å². The first-order valence-electron chi connectivity index (χ1n) is 19.9. The maximum atomic E-state index is 12.6. The van der Waals surface area contributed by atoms with Crippen molar-refractivity contribution in [1.82, 2.24) is 5.01 Å². The number of hydrogen-bond acceptors (Lipinski definition) is 10. The number of hydrogen-bond donors (Lipinski definition) is 4. The first-order chi connectivity index (χ1) is 28.6. The topological polar surface area (TPSA) is 175 Å². The normalized spacial score (nSPS) is 13.3. The lowest BCUT2D eigenvalue weighted by molar-refractivity contribution is -0.0160. The second-order valence-electron chi connectivity index (χ2n) is 15.7. The van der Waals surface area contributed by atoms with Crippen molar-refractivity contribution in [3.8, 4) is 11.5 Å². The Morgan fingerprint density at radius 3 is 1.47 bits per heavy atom. The number of nitrogens with zero attached hydrogens (tertiary/aromatic N) is 1. The van der Waals surface area contributed by atoms with Gasteiger partial charge >= 0.3 is 6.09 Å². The molecule has 1 amide bonds. The molecule has 0 fully saturated rings. The van der Waals surface area contributed by atoms with Crippen LogP contribution in [0.25, 0.3) is 21.5 Å². The summed E-state index contributed by atoms with van der Waals surface area (Å²) in [5.74, 6) is 6.76. The zero-order valence-electron chi connectivity index (χ0n) is 34.8. The van der Waals surface area contributed by atoms with E-state index in [2.05, 4.69) is 0 Å². The van der Waals surface area contributed by atoms with E-state index in [-0.39, 0.29) is 24.8 Å². The van der Waals surface area contributed by atoms with E-state index >= 15 is 0 Å². The van der Waals surface area contributed by atoms with E-state index in [1.165, 1.54) is 13.8 Å². The van der Waals surface area contributed by atoms with Crippen LogP contribution in [-0.2, 0) is 17.6 Å². The first kappa shape index (κ1) is 45.0. The van der Waals surface area contributed by atoms with E-state index in [0.717, 1.165) is 37.7 Å². The third-order valence-corrected chi connectivity index (χ3v) is 9.81. The Morgan fingerprint density at radius 1 is 0.600 bits per heavy atom. The van der Waals surface area contributed by atoms with E-state index in [0.29, 0.717) is 35.5 Å². The lowest BCUT2D eigenvalue weighted by Gasteiger charge is -2.33. The number of carbonyl (C=O) groups is 3. The van der Waals surface area contributed by atoms with Crippen molar-refractivity contribution in [2.45, 2.75) is 77.4 Å². The monoisotopic (exact) mass is 813 g/mol. The van der Waals surface area contributed by atoms with E-state index < -0.39 is 36.0 Å². The summed E-state index contributed by atoms with van der Waals surface area (Å²) in [6.45, 7) is 8.09. The summed E-state index contributed by atoms with van der Waals surface area (Å²) < 4.78 is 17.1. The van der Waals surface area contributed by atoms with Gasteiger partial charge in [0.05, 0.1) is 17.2 Å². The van der Waals surface area contributed by atoms with Gasteiger partial charge in [0.15, 0.2) is 11.6 Å². The minimum atomic E-state index is -1.15. The largest absolute Gasteiger partial charge is 0.490 e. The van der Waals surface area contributed by atoms with Crippen molar-refractivity contribution in [1.29, 1.82) is 0 Å². The number of aliphatic hydroxyl groups is 2. The number of amides is 1. The fourth-order valence-electron chi connectivity index (χ4n) is 6.80. The van der Waals surface area contributed by atoms with Gasteiger partial charge in [0.25, 0.3) is 0 Å². The Bertz CT molecular complexity index is 2360. The quantitative estimate of drug-likeness (QED) is 0.0346. The summed E-state index contributed by atoms with van der Waals surface area (Å²) in [5.41, 5.74) is 8.30. The van der Waals surface area contributed by atoms with E-state index in [1.807, 2.05) is 121 Å². The molecule has 0 bridgehead atoms. The Morgan fingerprint density at radius 2 is 1.02 bits per heavy atom. The molecule has 0 aliphatic rings. The minimum Gasteiger partial charge on any atom is -0.490 e. The average Bonchev–Trinajstić information content (AvgIpc) is 3.23. The van der Waals surface area contributed by atoms with E-state index in [4.69, 9.17) is 25.8 Å². The summed E-state index contributed by atoms with van der Waals surface area (Å²) in [6, 6.07) is 40.4. The molecular formula is C49H55N3O8. The second kappa shape index (κ2) is 20.7. The molecule has 6 aromatic rings. The summed E-state index contributed by atoms with van der Waals surface area (Å²) in [5, 5.41) is 25.8. The van der Waals surface area contributed by atoms with Crippen molar-refractivity contribution < 1.29 is 38.8 Å². The summed E-state index contributed by atoms with van der Waals surface area (Å²) in [6.07, 6.45) is -1.88. The molecule has 0 aliphatic heterocycles. The van der Waals surface area contributed by atoms with Gasteiger partial charge in [-0.3, -0.25) is 9.59 Å². The van der Waals surface area contributed by atoms with Gasteiger partial charge in [0.1, 0.15) is 42.5 Å². The third-order valence-electron chi connectivity index (χ3n) is 9.81. The van der Waals surface area contributed by atoms with Crippen LogP contribution < -0.4 is 21.1 Å². The fraction of sp³-hybridized carbons (Fsp3) is 0.286. The highest BCUT2D eigenvalue weighted by Gasteiger charge is 2.32. The summed E-state index contributed by atoms with van der Waals surface area (Å²) >= 11 is 0. The van der Waals surface area contributed by atoms with Crippen LogP contribution >= 0.6 is 0 Å². The smallest absolute Gasteiger partial charge is 0.424 e. The number of fused-ring (bicyclic) bond motifs is 2. The minimum absolute atomic E-state index is 0.0343. The Hall–Kier alpha value is -6.11. The first-order valence-corrected chi connectivity index (χ1v) is 19.9. The number of rotatable bonds is 15. The second-order valence-corrected chi connectivity index (χ2v) is 15.7. The number of benzene rings is 6. The number of hydrazine groups is 1. The van der Waals surface area contributed by atoms with Crippen LogP contribution in [0.5, 0.6) is 11.5 Å². The van der Waals surface area contributed by atoms with E-state index in [1.54, 1.807) is 32.9 Å². The molecule has 0 aromatic heterocycles. The molecule has 0 aliphatic carbocycles. The van der Waals surface area contributed by atoms with Crippen molar-refractivity contribution >= 4 is 39.2 Å². The van der Waals surface area contributed by atoms with Crippen LogP contribution in [0.2, 0.25) is 0 Å². The number of Topliss-reactive ketones (excluding diaryl/α,β-unsaturated/α-hetero) is 2. The standard InChI is InChI=1S/C27H32N2O5.C22H23NO3/c1-18(30)25-21-13-9-8-12-20(21)14-15-24(25)33-17-23(31)22(16-19-10-6-5-7-11-19)29(28)26(32)34-27(2,3)4;1-15(24)22-18-10-6-5-9-17(18)11-12-21(22)26-14-20(25)19(23)13-16-7-3-2-4-8-16/h5-15,22-23,31H,16-17,28H2,1-4H3;2-12,19-20,25H,13-14,23H2,1H3/t22-,23+;19-,20+/m00/s1. The van der Waals surface area contributed by atoms with Gasteiger partial charge in [-0.2, -0.15) is 0 Å². The molecule has 6 rings (SSSR count). The molecule has 0 spiro atoms. The van der Waals surface area contributed by atoms with Gasteiger partial charge in [-0.05, 0) is 92.3 Å². The highest BCUT2D eigenvalue weighted by molar-refractivity contribution is 6.10. The molecule has 11 nitrogen and oxygen atoms in total. The Kier molecular flexibility index (Phi) is 15.5. The number of ketones is 2.